The predicted octanol–water partition coefficient (Wildman–Crippen LogP) is 3.46. The lowest BCUT2D eigenvalue weighted by atomic mass is 9.92. The van der Waals surface area contributed by atoms with Gasteiger partial charge in [0.05, 0.1) is 17.7 Å². The van der Waals surface area contributed by atoms with Gasteiger partial charge in [0, 0.05) is 13.1 Å². The molecule has 1 amide bonds. The number of amides is 1. The summed E-state index contributed by atoms with van der Waals surface area (Å²) in [5, 5.41) is 3.91. The molecule has 3 rings (SSSR count). The first-order chi connectivity index (χ1) is 14.3. The molecule has 0 N–H and O–H groups in total. The van der Waals surface area contributed by atoms with Crippen molar-refractivity contribution in [2.24, 2.45) is 11.8 Å². The molecule has 1 saturated heterocycles. The first-order valence-electron chi connectivity index (χ1n) is 10.4. The number of aryl methyl sites for hydroxylation is 2. The topological polar surface area (TPSA) is 81.9 Å². The van der Waals surface area contributed by atoms with Gasteiger partial charge in [-0.3, -0.25) is 9.59 Å². The van der Waals surface area contributed by atoms with E-state index in [-0.39, 0.29) is 18.9 Å². The molecule has 2 aromatic rings. The normalized spacial score (nSPS) is 18.9. The van der Waals surface area contributed by atoms with E-state index in [9.17, 15) is 9.59 Å². The van der Waals surface area contributed by atoms with E-state index < -0.39 is 5.97 Å². The zero-order valence-electron chi connectivity index (χ0n) is 18.1. The Kier molecular flexibility index (Phi) is 7.13. The Morgan fingerprint density at radius 1 is 1.13 bits per heavy atom. The first-order valence-corrected chi connectivity index (χ1v) is 10.4. The summed E-state index contributed by atoms with van der Waals surface area (Å²) in [5.74, 6) is 1.86. The van der Waals surface area contributed by atoms with E-state index in [4.69, 9.17) is 14.0 Å². The van der Waals surface area contributed by atoms with Gasteiger partial charge in [0.15, 0.2) is 6.61 Å². The zero-order chi connectivity index (χ0) is 21.7. The van der Waals surface area contributed by atoms with E-state index in [0.29, 0.717) is 24.2 Å². The van der Waals surface area contributed by atoms with Gasteiger partial charge in [-0.25, -0.2) is 0 Å². The molecular formula is C23H30N2O5. The third-order valence-electron chi connectivity index (χ3n) is 5.41. The van der Waals surface area contributed by atoms with Crippen LogP contribution in [0.2, 0.25) is 0 Å². The predicted molar refractivity (Wildman–Crippen MR) is 111 cm³/mol. The summed E-state index contributed by atoms with van der Waals surface area (Å²) in [6, 6.07) is 7.25. The Bertz CT molecular complexity index is 845. The summed E-state index contributed by atoms with van der Waals surface area (Å²) >= 11 is 0. The van der Waals surface area contributed by atoms with Crippen molar-refractivity contribution in [1.82, 2.24) is 10.1 Å². The molecule has 2 heterocycles. The molecule has 0 unspecified atom stereocenters. The van der Waals surface area contributed by atoms with Crippen LogP contribution in [0, 0.1) is 25.7 Å². The molecule has 7 nitrogen and oxygen atoms in total. The number of piperidine rings is 1. The third-order valence-corrected chi connectivity index (χ3v) is 5.41. The van der Waals surface area contributed by atoms with Crippen molar-refractivity contribution in [3.63, 3.8) is 0 Å². The SMILES string of the molecule is Cc1noc(C)c1COc1ccc(CC(=O)OCC(=O)N2C[C@H](C)C[C@@H](C)C2)cc1. The Hall–Kier alpha value is -2.83. The van der Waals surface area contributed by atoms with Crippen LogP contribution in [0.25, 0.3) is 0 Å². The van der Waals surface area contributed by atoms with Gasteiger partial charge in [0.2, 0.25) is 0 Å². The number of rotatable bonds is 7. The van der Waals surface area contributed by atoms with Crippen LogP contribution >= 0.6 is 0 Å². The summed E-state index contributed by atoms with van der Waals surface area (Å²) in [5.41, 5.74) is 2.55. The van der Waals surface area contributed by atoms with Gasteiger partial charge in [-0.2, -0.15) is 0 Å². The molecule has 1 aliphatic rings. The number of aromatic nitrogens is 1. The summed E-state index contributed by atoms with van der Waals surface area (Å²) < 4.78 is 16.1. The smallest absolute Gasteiger partial charge is 0.310 e. The number of hydrogen-bond donors (Lipinski definition) is 0. The molecule has 30 heavy (non-hydrogen) atoms. The second kappa shape index (κ2) is 9.78. The van der Waals surface area contributed by atoms with Crippen molar-refractivity contribution in [1.29, 1.82) is 0 Å². The molecule has 0 aliphatic carbocycles. The average Bonchev–Trinajstić information content (AvgIpc) is 3.02. The summed E-state index contributed by atoms with van der Waals surface area (Å²) in [6.07, 6.45) is 1.24. The van der Waals surface area contributed by atoms with Crippen LogP contribution in [0.5, 0.6) is 5.75 Å². The highest BCUT2D eigenvalue weighted by Gasteiger charge is 2.25. The maximum Gasteiger partial charge on any atom is 0.310 e. The lowest BCUT2D eigenvalue weighted by molar-refractivity contribution is -0.152. The molecule has 1 fully saturated rings. The van der Waals surface area contributed by atoms with E-state index in [2.05, 4.69) is 19.0 Å². The summed E-state index contributed by atoms with van der Waals surface area (Å²) in [6.45, 7) is 9.65. The number of carbonyl (C=O) groups excluding carboxylic acids is 2. The fourth-order valence-electron chi connectivity index (χ4n) is 3.88. The van der Waals surface area contributed by atoms with Crippen LogP contribution in [0.1, 0.15) is 42.8 Å². The molecule has 7 heteroatoms. The zero-order valence-corrected chi connectivity index (χ0v) is 18.1. The lowest BCUT2D eigenvalue weighted by Gasteiger charge is -2.34. The number of nitrogens with zero attached hydrogens (tertiary/aromatic N) is 2. The highest BCUT2D eigenvalue weighted by Crippen LogP contribution is 2.21. The van der Waals surface area contributed by atoms with Crippen LogP contribution in [0.4, 0.5) is 0 Å². The fraction of sp³-hybridized carbons (Fsp3) is 0.522. The van der Waals surface area contributed by atoms with Gasteiger partial charge in [-0.05, 0) is 49.8 Å². The number of carbonyl (C=O) groups is 2. The van der Waals surface area contributed by atoms with Crippen LogP contribution in [0.3, 0.4) is 0 Å². The van der Waals surface area contributed by atoms with Crippen molar-refractivity contribution in [3.05, 3.63) is 46.8 Å². The minimum absolute atomic E-state index is 0.115. The Morgan fingerprint density at radius 3 is 2.40 bits per heavy atom. The standard InChI is InChI=1S/C23H30N2O5/c1-15-9-16(2)12-25(11-15)22(26)14-29-23(27)10-19-5-7-20(8-6-19)28-13-21-17(3)24-30-18(21)4/h5-8,15-16H,9-14H2,1-4H3/t15-,16-/m1/s1. The first kappa shape index (κ1) is 21.9. The number of esters is 1. The van der Waals surface area contributed by atoms with Gasteiger partial charge in [-0.1, -0.05) is 31.1 Å². The second-order valence-electron chi connectivity index (χ2n) is 8.32. The fourth-order valence-corrected chi connectivity index (χ4v) is 3.88. The molecule has 0 spiro atoms. The van der Waals surface area contributed by atoms with Gasteiger partial charge < -0.3 is 18.9 Å². The van der Waals surface area contributed by atoms with Crippen LogP contribution in [-0.2, 0) is 27.4 Å². The van der Waals surface area contributed by atoms with Crippen molar-refractivity contribution in [3.8, 4) is 5.75 Å². The van der Waals surface area contributed by atoms with Crippen LogP contribution in [-0.4, -0.2) is 41.6 Å². The third kappa shape index (κ3) is 5.84. The molecule has 2 atom stereocenters. The molecule has 0 bridgehead atoms. The van der Waals surface area contributed by atoms with Crippen molar-refractivity contribution in [2.45, 2.75) is 47.1 Å². The van der Waals surface area contributed by atoms with Gasteiger partial charge in [-0.15, -0.1) is 0 Å². The highest BCUT2D eigenvalue weighted by molar-refractivity contribution is 5.81. The maximum absolute atomic E-state index is 12.3. The molecule has 1 aliphatic heterocycles. The van der Waals surface area contributed by atoms with Gasteiger partial charge in [0.1, 0.15) is 18.1 Å². The molecular weight excluding hydrogens is 384 g/mol. The number of benzene rings is 1. The van der Waals surface area contributed by atoms with E-state index in [0.717, 1.165) is 42.1 Å². The number of hydrogen-bond acceptors (Lipinski definition) is 6. The largest absolute Gasteiger partial charge is 0.489 e. The van der Waals surface area contributed by atoms with Gasteiger partial charge in [0.25, 0.3) is 5.91 Å². The average molecular weight is 415 g/mol. The monoisotopic (exact) mass is 414 g/mol. The summed E-state index contributed by atoms with van der Waals surface area (Å²) in [4.78, 5) is 26.3. The van der Waals surface area contributed by atoms with Crippen molar-refractivity contribution >= 4 is 11.9 Å². The highest BCUT2D eigenvalue weighted by atomic mass is 16.5. The molecule has 162 valence electrons. The minimum Gasteiger partial charge on any atom is -0.489 e. The quantitative estimate of drug-likeness (QED) is 0.646. The maximum atomic E-state index is 12.3. The van der Waals surface area contributed by atoms with Crippen LogP contribution in [0.15, 0.2) is 28.8 Å². The van der Waals surface area contributed by atoms with E-state index in [1.54, 1.807) is 4.90 Å². The lowest BCUT2D eigenvalue weighted by Crippen LogP contribution is -2.44. The van der Waals surface area contributed by atoms with E-state index >= 15 is 0 Å². The number of likely N-dealkylation sites (tertiary alicyclic amines) is 1. The van der Waals surface area contributed by atoms with Crippen molar-refractivity contribution < 1.29 is 23.6 Å². The van der Waals surface area contributed by atoms with Crippen LogP contribution < -0.4 is 4.74 Å². The Balaban J connectivity index is 1.43. The van der Waals surface area contributed by atoms with E-state index in [1.807, 2.05) is 38.1 Å². The van der Waals surface area contributed by atoms with Crippen molar-refractivity contribution in [2.75, 3.05) is 19.7 Å². The summed E-state index contributed by atoms with van der Waals surface area (Å²) in [7, 11) is 0. The van der Waals surface area contributed by atoms with E-state index in [1.165, 1.54) is 0 Å². The molecule has 1 aromatic carbocycles. The molecule has 1 aromatic heterocycles. The number of ether oxygens (including phenoxy) is 2. The van der Waals surface area contributed by atoms with Gasteiger partial charge >= 0.3 is 5.97 Å². The molecule has 0 radical (unpaired) electrons. The molecule has 0 saturated carbocycles. The Labute approximate surface area is 177 Å². The minimum atomic E-state index is -0.411. The second-order valence-corrected chi connectivity index (χ2v) is 8.32. The Morgan fingerprint density at radius 2 is 1.80 bits per heavy atom.